The molecule has 3 N–H and O–H groups in total. The monoisotopic (exact) mass is 516 g/mol. The van der Waals surface area contributed by atoms with Crippen LogP contribution in [0.2, 0.25) is 5.02 Å². The zero-order valence-electron chi connectivity index (χ0n) is 20.0. The molecule has 1 unspecified atom stereocenters. The van der Waals surface area contributed by atoms with Gasteiger partial charge in [-0.3, -0.25) is 9.59 Å². The molecule has 2 heterocycles. The van der Waals surface area contributed by atoms with Crippen molar-refractivity contribution in [2.24, 2.45) is 0 Å². The molecule has 37 heavy (non-hydrogen) atoms. The number of anilines is 2. The Balaban J connectivity index is 0.000000173. The van der Waals surface area contributed by atoms with Crippen LogP contribution in [0.3, 0.4) is 0 Å². The number of halogens is 1. The zero-order valence-corrected chi connectivity index (χ0v) is 20.8. The normalized spacial score (nSPS) is 13.7. The van der Waals surface area contributed by atoms with Crippen LogP contribution >= 0.6 is 11.6 Å². The number of carbonyl (C=O) groups excluding carboxylic acids is 1. The first-order valence-electron chi connectivity index (χ1n) is 11.6. The predicted molar refractivity (Wildman–Crippen MR) is 142 cm³/mol. The maximum Gasteiger partial charge on any atom is 0.337 e. The van der Waals surface area contributed by atoms with Gasteiger partial charge in [-0.1, -0.05) is 60.1 Å². The molecule has 188 valence electrons. The summed E-state index contributed by atoms with van der Waals surface area (Å²) < 4.78 is 1.83. The van der Waals surface area contributed by atoms with E-state index in [1.165, 1.54) is 0 Å². The second-order valence-corrected chi connectivity index (χ2v) is 8.97. The zero-order chi connectivity index (χ0) is 26.5. The molecule has 0 saturated heterocycles. The van der Waals surface area contributed by atoms with E-state index in [4.69, 9.17) is 21.8 Å². The van der Waals surface area contributed by atoms with Crippen molar-refractivity contribution in [1.82, 2.24) is 4.57 Å². The standard InChI is InChI=1S/C15H13NO3.C14H12ClNO2/c17-14(10-4-2-1-3-5-10)13-7-6-12-11(15(18)19)8-9-16(12)13;1-9-11(15)6-4-8-12(9)16-13-7-3-2-5-10(13)14(17)18/h1-7,11H,8-9H2,(H,18,19);2-8,16H,1H3,(H,17,18). The number of carbonyl (C=O) groups is 3. The first-order chi connectivity index (χ1) is 17.8. The number of rotatable bonds is 6. The van der Waals surface area contributed by atoms with Crippen molar-refractivity contribution >= 4 is 40.7 Å². The largest absolute Gasteiger partial charge is 0.481 e. The van der Waals surface area contributed by atoms with Gasteiger partial charge in [-0.2, -0.15) is 0 Å². The fourth-order valence-corrected chi connectivity index (χ4v) is 4.47. The second-order valence-electron chi connectivity index (χ2n) is 8.56. The number of fused-ring (bicyclic) bond motifs is 1. The van der Waals surface area contributed by atoms with Crippen molar-refractivity contribution in [3.63, 3.8) is 0 Å². The SMILES string of the molecule is Cc1c(Cl)cccc1Nc1ccccc1C(=O)O.O=C(c1ccccc1)c1ccc2n1CCC2C(=O)O. The molecular formula is C29H25ClN2O5. The molecule has 3 aromatic carbocycles. The van der Waals surface area contributed by atoms with E-state index in [1.54, 1.807) is 54.6 Å². The van der Waals surface area contributed by atoms with Crippen molar-refractivity contribution in [1.29, 1.82) is 0 Å². The lowest BCUT2D eigenvalue weighted by Gasteiger charge is -2.12. The summed E-state index contributed by atoms with van der Waals surface area (Å²) in [7, 11) is 0. The lowest BCUT2D eigenvalue weighted by Crippen LogP contribution is -2.09. The summed E-state index contributed by atoms with van der Waals surface area (Å²) in [5, 5.41) is 22.0. The van der Waals surface area contributed by atoms with Crippen molar-refractivity contribution in [2.75, 3.05) is 5.32 Å². The quantitative estimate of drug-likeness (QED) is 0.256. The highest BCUT2D eigenvalue weighted by molar-refractivity contribution is 6.31. The highest BCUT2D eigenvalue weighted by Crippen LogP contribution is 2.31. The number of carboxylic acids is 2. The number of aliphatic carboxylic acids is 1. The molecule has 0 amide bonds. The molecule has 1 aliphatic heterocycles. The average molecular weight is 517 g/mol. The van der Waals surface area contributed by atoms with Crippen molar-refractivity contribution in [2.45, 2.75) is 25.8 Å². The minimum atomic E-state index is -0.960. The molecular weight excluding hydrogens is 492 g/mol. The Bertz CT molecular complexity index is 1460. The molecule has 0 fully saturated rings. The highest BCUT2D eigenvalue weighted by Gasteiger charge is 2.31. The number of aromatic carboxylic acids is 1. The Morgan fingerprint density at radius 1 is 0.865 bits per heavy atom. The topological polar surface area (TPSA) is 109 Å². The smallest absolute Gasteiger partial charge is 0.337 e. The highest BCUT2D eigenvalue weighted by atomic mass is 35.5. The fraction of sp³-hybridized carbons (Fsp3) is 0.138. The van der Waals surface area contributed by atoms with Crippen LogP contribution < -0.4 is 5.32 Å². The van der Waals surface area contributed by atoms with Gasteiger partial charge in [0.15, 0.2) is 0 Å². The number of nitrogens with zero attached hydrogens (tertiary/aromatic N) is 1. The van der Waals surface area contributed by atoms with E-state index in [0.717, 1.165) is 16.9 Å². The number of hydrogen-bond acceptors (Lipinski definition) is 4. The van der Waals surface area contributed by atoms with Crippen LogP contribution in [0.4, 0.5) is 11.4 Å². The summed E-state index contributed by atoms with van der Waals surface area (Å²) >= 11 is 6.03. The van der Waals surface area contributed by atoms with Crippen LogP contribution in [-0.4, -0.2) is 32.5 Å². The minimum absolute atomic E-state index is 0.0575. The van der Waals surface area contributed by atoms with E-state index < -0.39 is 17.9 Å². The van der Waals surface area contributed by atoms with E-state index in [9.17, 15) is 14.4 Å². The maximum atomic E-state index is 12.4. The van der Waals surface area contributed by atoms with Crippen LogP contribution in [0.5, 0.6) is 0 Å². The van der Waals surface area contributed by atoms with Crippen LogP contribution in [0.1, 0.15) is 50.0 Å². The van der Waals surface area contributed by atoms with Crippen molar-refractivity contribution < 1.29 is 24.6 Å². The molecule has 0 aliphatic carbocycles. The number of aromatic nitrogens is 1. The number of para-hydroxylation sites is 1. The van der Waals surface area contributed by atoms with Gasteiger partial charge in [-0.05, 0) is 55.3 Å². The maximum absolute atomic E-state index is 12.4. The molecule has 5 rings (SSSR count). The molecule has 1 aliphatic rings. The molecule has 1 atom stereocenters. The fourth-order valence-electron chi connectivity index (χ4n) is 4.30. The number of hydrogen-bond donors (Lipinski definition) is 3. The minimum Gasteiger partial charge on any atom is -0.481 e. The van der Waals surface area contributed by atoms with Crippen LogP contribution in [0.15, 0.2) is 84.9 Å². The molecule has 0 bridgehead atoms. The van der Waals surface area contributed by atoms with E-state index >= 15 is 0 Å². The Kier molecular flexibility index (Phi) is 7.74. The van der Waals surface area contributed by atoms with Gasteiger partial charge in [-0.25, -0.2) is 4.79 Å². The van der Waals surface area contributed by atoms with E-state index in [1.807, 2.05) is 41.8 Å². The third kappa shape index (κ3) is 5.57. The van der Waals surface area contributed by atoms with Crippen LogP contribution in [0.25, 0.3) is 0 Å². The van der Waals surface area contributed by atoms with Gasteiger partial charge in [0.05, 0.1) is 22.9 Å². The number of benzene rings is 3. The Morgan fingerprint density at radius 3 is 2.24 bits per heavy atom. The van der Waals surface area contributed by atoms with Crippen molar-refractivity contribution in [3.05, 3.63) is 118 Å². The van der Waals surface area contributed by atoms with Gasteiger partial charge >= 0.3 is 11.9 Å². The summed E-state index contributed by atoms with van der Waals surface area (Å²) in [5.74, 6) is -2.33. The summed E-state index contributed by atoms with van der Waals surface area (Å²) in [4.78, 5) is 34.6. The molecule has 7 nitrogen and oxygen atoms in total. The Labute approximate surface area is 219 Å². The number of nitrogens with one attached hydrogen (secondary N) is 1. The predicted octanol–water partition coefficient (Wildman–Crippen LogP) is 6.38. The summed E-state index contributed by atoms with van der Waals surface area (Å²) in [5.41, 5.74) is 4.40. The van der Waals surface area contributed by atoms with Crippen LogP contribution in [-0.2, 0) is 11.3 Å². The third-order valence-electron chi connectivity index (χ3n) is 6.27. The number of ketones is 1. The summed E-state index contributed by atoms with van der Waals surface area (Å²) in [6.07, 6.45) is 0.556. The van der Waals surface area contributed by atoms with E-state index in [2.05, 4.69) is 5.32 Å². The molecule has 8 heteroatoms. The van der Waals surface area contributed by atoms with E-state index in [-0.39, 0.29) is 11.3 Å². The molecule has 0 saturated carbocycles. The summed E-state index contributed by atoms with van der Waals surface area (Å²) in [6.45, 7) is 2.47. The molecule has 0 spiro atoms. The summed E-state index contributed by atoms with van der Waals surface area (Å²) in [6, 6.07) is 24.8. The molecule has 1 aromatic heterocycles. The van der Waals surface area contributed by atoms with Gasteiger partial charge in [-0.15, -0.1) is 0 Å². The van der Waals surface area contributed by atoms with Gasteiger partial charge in [0.1, 0.15) is 0 Å². The van der Waals surface area contributed by atoms with Gasteiger partial charge < -0.3 is 20.1 Å². The van der Waals surface area contributed by atoms with Gasteiger partial charge in [0.25, 0.3) is 0 Å². The van der Waals surface area contributed by atoms with Gasteiger partial charge in [0.2, 0.25) is 5.78 Å². The second kappa shape index (κ2) is 11.1. The first-order valence-corrected chi connectivity index (χ1v) is 12.0. The average Bonchev–Trinajstić information content (AvgIpc) is 3.50. The first kappa shape index (κ1) is 25.7. The van der Waals surface area contributed by atoms with E-state index in [0.29, 0.717) is 34.9 Å². The molecule has 4 aromatic rings. The molecule has 0 radical (unpaired) electrons. The Hall–Kier alpha value is -4.36. The van der Waals surface area contributed by atoms with Crippen LogP contribution in [0, 0.1) is 6.92 Å². The lowest BCUT2D eigenvalue weighted by atomic mass is 10.1. The lowest BCUT2D eigenvalue weighted by molar-refractivity contribution is -0.138. The number of carboxylic acid groups (broad SMARTS) is 2. The third-order valence-corrected chi connectivity index (χ3v) is 6.68. The Morgan fingerprint density at radius 2 is 1.54 bits per heavy atom. The van der Waals surface area contributed by atoms with Gasteiger partial charge in [0, 0.05) is 28.5 Å². The van der Waals surface area contributed by atoms with Crippen molar-refractivity contribution in [3.8, 4) is 0 Å².